The molecule has 0 heterocycles. The van der Waals surface area contributed by atoms with Crippen molar-refractivity contribution in [2.24, 2.45) is 0 Å². The lowest BCUT2D eigenvalue weighted by Crippen LogP contribution is -2.22. The largest absolute Gasteiger partial charge is 0.466 e. The van der Waals surface area contributed by atoms with Gasteiger partial charge >= 0.3 is 0 Å². The highest BCUT2D eigenvalue weighted by Crippen LogP contribution is 2.26. The van der Waals surface area contributed by atoms with Crippen LogP contribution in [0.15, 0.2) is 25.0 Å². The summed E-state index contributed by atoms with van der Waals surface area (Å²) in [5, 5.41) is 2.98. The summed E-state index contributed by atoms with van der Waals surface area (Å²) in [6.07, 6.45) is 5.74. The van der Waals surface area contributed by atoms with Crippen LogP contribution in [0.5, 0.6) is 0 Å². The summed E-state index contributed by atoms with van der Waals surface area (Å²) in [6, 6.07) is -0.154. The van der Waals surface area contributed by atoms with E-state index in [0.717, 1.165) is 6.29 Å². The highest BCUT2D eigenvalue weighted by molar-refractivity contribution is 7.49. The summed E-state index contributed by atoms with van der Waals surface area (Å²) >= 11 is 0. The summed E-state index contributed by atoms with van der Waals surface area (Å²) in [5.41, 5.74) is 0. The van der Waals surface area contributed by atoms with Crippen molar-refractivity contribution in [3.8, 4) is 0 Å². The molecule has 88 valence electrons. The van der Waals surface area contributed by atoms with Crippen molar-refractivity contribution in [1.29, 1.82) is 0 Å². The molecule has 1 N–H and O–H groups in total. The third-order valence-electron chi connectivity index (χ3n) is 1.02. The highest BCUT2D eigenvalue weighted by Gasteiger charge is 2.04. The molecule has 0 saturated carbocycles. The van der Waals surface area contributed by atoms with E-state index < -0.39 is 8.30 Å². The Balaban J connectivity index is 0. The van der Waals surface area contributed by atoms with Gasteiger partial charge in [0.25, 0.3) is 0 Å². The molecule has 0 rings (SSSR count). The van der Waals surface area contributed by atoms with Crippen molar-refractivity contribution in [1.82, 2.24) is 5.09 Å². The first kappa shape index (κ1) is 16.7. The Morgan fingerprint density at radius 2 is 2.00 bits per heavy atom. The van der Waals surface area contributed by atoms with Crippen LogP contribution < -0.4 is 5.09 Å². The predicted molar refractivity (Wildman–Crippen MR) is 64.9 cm³/mol. The molecule has 2 atom stereocenters. The van der Waals surface area contributed by atoms with Crippen molar-refractivity contribution in [3.63, 3.8) is 0 Å². The second kappa shape index (κ2) is 13.3. The van der Waals surface area contributed by atoms with Gasteiger partial charge in [-0.1, -0.05) is 12.7 Å². The number of allylic oxidation sites excluding steroid dienone is 2. The predicted octanol–water partition coefficient (Wildman–Crippen LogP) is 2.08. The molecule has 1 unspecified atom stereocenters. The first-order valence-corrected chi connectivity index (χ1v) is 6.12. The normalized spacial score (nSPS) is 13.6. The van der Waals surface area contributed by atoms with Crippen LogP contribution in [0.2, 0.25) is 0 Å². The highest BCUT2D eigenvalue weighted by atomic mass is 31.2. The lowest BCUT2D eigenvalue weighted by Gasteiger charge is -2.13. The van der Waals surface area contributed by atoms with Crippen molar-refractivity contribution in [2.75, 3.05) is 20.9 Å². The number of aldehydes is 1. The number of carbonyl (C=O) groups excluding carboxylic acids is 1. The lowest BCUT2D eigenvalue weighted by molar-refractivity contribution is -0.108. The van der Waals surface area contributed by atoms with E-state index in [0.29, 0.717) is 0 Å². The summed E-state index contributed by atoms with van der Waals surface area (Å²) in [7, 11) is 2.50. The van der Waals surface area contributed by atoms with Crippen LogP contribution in [0.25, 0.3) is 0 Å². The van der Waals surface area contributed by atoms with E-state index in [1.54, 1.807) is 39.6 Å². The van der Waals surface area contributed by atoms with Gasteiger partial charge in [-0.2, -0.15) is 0 Å². The molecule has 4 nitrogen and oxygen atoms in total. The molecule has 0 aliphatic rings. The Kier molecular flexibility index (Phi) is 14.8. The van der Waals surface area contributed by atoms with Crippen LogP contribution in [0.3, 0.4) is 0 Å². The zero-order chi connectivity index (χ0) is 12.1. The van der Waals surface area contributed by atoms with E-state index in [1.807, 2.05) is 6.66 Å². The van der Waals surface area contributed by atoms with E-state index in [2.05, 4.69) is 16.4 Å². The van der Waals surface area contributed by atoms with Gasteiger partial charge in [-0.3, -0.25) is 5.09 Å². The minimum Gasteiger partial charge on any atom is -0.466 e. The summed E-state index contributed by atoms with van der Waals surface area (Å²) in [5.74, 6) is 0. The average molecular weight is 233 g/mol. The van der Waals surface area contributed by atoms with Crippen LogP contribution in [-0.2, 0) is 14.1 Å². The molecule has 0 fully saturated rings. The van der Waals surface area contributed by atoms with E-state index in [4.69, 9.17) is 4.52 Å². The number of carbonyl (C=O) groups is 1. The van der Waals surface area contributed by atoms with Crippen molar-refractivity contribution in [2.45, 2.75) is 13.0 Å². The molecule has 0 amide bonds. The van der Waals surface area contributed by atoms with Crippen molar-refractivity contribution >= 4 is 14.6 Å². The van der Waals surface area contributed by atoms with Crippen LogP contribution in [0.1, 0.15) is 6.92 Å². The minimum atomic E-state index is -0.753. The third-order valence-corrected chi connectivity index (χ3v) is 2.23. The molecule has 5 heteroatoms. The molecule has 0 aliphatic heterocycles. The van der Waals surface area contributed by atoms with Gasteiger partial charge in [-0.05, 0) is 13.0 Å². The van der Waals surface area contributed by atoms with Gasteiger partial charge < -0.3 is 14.1 Å². The van der Waals surface area contributed by atoms with Gasteiger partial charge in [-0.25, -0.2) is 0 Å². The lowest BCUT2D eigenvalue weighted by atomic mass is 10.4. The molecule has 0 spiro atoms. The maximum Gasteiger partial charge on any atom is 0.157 e. The zero-order valence-electron chi connectivity index (χ0n) is 9.77. The molecule has 0 radical (unpaired) electrons. The monoisotopic (exact) mass is 233 g/mol. The van der Waals surface area contributed by atoms with E-state index in [-0.39, 0.29) is 6.04 Å². The number of hydrogen-bond donors (Lipinski definition) is 1. The number of ether oxygens (including phenoxy) is 1. The average Bonchev–Trinajstić information content (AvgIpc) is 2.19. The summed E-state index contributed by atoms with van der Waals surface area (Å²) in [6.45, 7) is 7.17. The van der Waals surface area contributed by atoms with Gasteiger partial charge in [-0.15, -0.1) is 0 Å². The molecule has 0 saturated heterocycles. The van der Waals surface area contributed by atoms with Gasteiger partial charge in [0, 0.05) is 20.9 Å². The van der Waals surface area contributed by atoms with Crippen molar-refractivity contribution < 1.29 is 14.1 Å². The molecular weight excluding hydrogens is 213 g/mol. The fourth-order valence-corrected chi connectivity index (χ4v) is 1.48. The molecule has 0 aromatic rings. The van der Waals surface area contributed by atoms with Crippen LogP contribution in [-0.4, -0.2) is 33.2 Å². The van der Waals surface area contributed by atoms with Gasteiger partial charge in [0.2, 0.25) is 0 Å². The smallest absolute Gasteiger partial charge is 0.157 e. The second-order valence-corrected chi connectivity index (χ2v) is 4.09. The number of nitrogens with one attached hydrogen (secondary N) is 1. The molecule has 15 heavy (non-hydrogen) atoms. The molecular formula is C10H20NO3P. The summed E-state index contributed by atoms with van der Waals surface area (Å²) < 4.78 is 9.45. The molecule has 0 aromatic carbocycles. The summed E-state index contributed by atoms with van der Waals surface area (Å²) in [4.78, 5) is 10.2. The van der Waals surface area contributed by atoms with Crippen molar-refractivity contribution in [3.05, 3.63) is 25.0 Å². The Morgan fingerprint density at radius 1 is 1.47 bits per heavy atom. The van der Waals surface area contributed by atoms with E-state index >= 15 is 0 Å². The number of methoxy groups -OCH3 is 1. The molecule has 0 aliphatic carbocycles. The maximum absolute atomic E-state index is 10.2. The Hall–Kier alpha value is -0.700. The second-order valence-electron chi connectivity index (χ2n) is 2.63. The maximum atomic E-state index is 10.2. The zero-order valence-corrected chi connectivity index (χ0v) is 10.7. The number of rotatable bonds is 6. The Morgan fingerprint density at radius 3 is 2.40 bits per heavy atom. The molecule has 0 aromatic heterocycles. The first-order chi connectivity index (χ1) is 7.12. The first-order valence-electron chi connectivity index (χ1n) is 4.42. The Bertz CT molecular complexity index is 186. The van der Waals surface area contributed by atoms with E-state index in [1.165, 1.54) is 0 Å². The van der Waals surface area contributed by atoms with Gasteiger partial charge in [0.1, 0.15) is 6.29 Å². The van der Waals surface area contributed by atoms with Crippen LogP contribution >= 0.6 is 8.30 Å². The van der Waals surface area contributed by atoms with E-state index in [9.17, 15) is 4.79 Å². The topological polar surface area (TPSA) is 47.6 Å². The minimum absolute atomic E-state index is 0.154. The van der Waals surface area contributed by atoms with Crippen LogP contribution in [0.4, 0.5) is 0 Å². The van der Waals surface area contributed by atoms with Gasteiger partial charge in [0.05, 0.1) is 12.3 Å². The fraction of sp³-hybridized carbons (Fsp3) is 0.500. The standard InChI is InChI=1S/C8H14NO2P.C2H6O/c1-4-5-6-11-12(3)9-8(2)7-10;1-3-2/h4-9H,1H2,2-3H3;1-2H3/b6-5+;/t8-,12?;/m0./s1. The fourth-order valence-electron chi connectivity index (χ4n) is 0.530. The third kappa shape index (κ3) is 16.0. The quantitative estimate of drug-likeness (QED) is 0.330. The van der Waals surface area contributed by atoms with Gasteiger partial charge in [0.15, 0.2) is 8.30 Å². The van der Waals surface area contributed by atoms with Crippen LogP contribution in [0, 0.1) is 0 Å². The SMILES string of the molecule is C=C/C=C/OP(C)N[C@@H](C)C=O.COC. The Labute approximate surface area is 93.2 Å². The number of hydrogen-bond acceptors (Lipinski definition) is 4. The molecule has 0 bridgehead atoms.